The zero-order valence-corrected chi connectivity index (χ0v) is 9.87. The highest BCUT2D eigenvalue weighted by Gasteiger charge is 2.40. The molecule has 15 heavy (non-hydrogen) atoms. The maximum absolute atomic E-state index is 10.3. The zero-order chi connectivity index (χ0) is 10.7. The minimum absolute atomic E-state index is 0.201. The Morgan fingerprint density at radius 1 is 1.20 bits per heavy atom. The minimum atomic E-state index is -0.229. The van der Waals surface area contributed by atoms with Crippen molar-refractivity contribution in [3.63, 3.8) is 0 Å². The molecule has 2 heteroatoms. The summed E-state index contributed by atoms with van der Waals surface area (Å²) in [5.74, 6) is 0.772. The predicted octanol–water partition coefficient (Wildman–Crippen LogP) is 2.89. The number of methoxy groups -OCH3 is 1. The van der Waals surface area contributed by atoms with Crippen LogP contribution in [-0.2, 0) is 4.74 Å². The molecule has 0 heterocycles. The third-order valence-electron chi connectivity index (χ3n) is 4.50. The highest BCUT2D eigenvalue weighted by atomic mass is 16.5. The van der Waals surface area contributed by atoms with Crippen molar-refractivity contribution < 1.29 is 9.84 Å². The van der Waals surface area contributed by atoms with E-state index in [0.717, 1.165) is 25.2 Å². The van der Waals surface area contributed by atoms with Gasteiger partial charge in [0.05, 0.1) is 11.7 Å². The van der Waals surface area contributed by atoms with Gasteiger partial charge in [0.15, 0.2) is 0 Å². The lowest BCUT2D eigenvalue weighted by molar-refractivity contribution is -0.131. The predicted molar refractivity (Wildman–Crippen MR) is 60.8 cm³/mol. The second-order valence-electron chi connectivity index (χ2n) is 5.38. The fourth-order valence-electron chi connectivity index (χ4n) is 3.08. The second kappa shape index (κ2) is 4.84. The third-order valence-corrected chi connectivity index (χ3v) is 4.50. The van der Waals surface area contributed by atoms with E-state index < -0.39 is 0 Å². The van der Waals surface area contributed by atoms with Crippen molar-refractivity contribution in [2.24, 2.45) is 5.92 Å². The molecule has 0 bridgehead atoms. The van der Waals surface area contributed by atoms with Crippen LogP contribution in [0.3, 0.4) is 0 Å². The maximum atomic E-state index is 10.3. The summed E-state index contributed by atoms with van der Waals surface area (Å²) in [5.41, 5.74) is -0.201. The number of hydrogen-bond donors (Lipinski definition) is 1. The standard InChI is InChI=1S/C13H24O2/c1-15-13(8-3-2-4-9-13)12(14)10-11-6-5-7-11/h11-12,14H,2-10H2,1H3. The number of rotatable bonds is 4. The number of ether oxygens (including phenoxy) is 1. The van der Waals surface area contributed by atoms with Crippen molar-refractivity contribution in [3.05, 3.63) is 0 Å². The lowest BCUT2D eigenvalue weighted by Crippen LogP contribution is -2.47. The van der Waals surface area contributed by atoms with Crippen molar-refractivity contribution in [2.45, 2.75) is 69.5 Å². The highest BCUT2D eigenvalue weighted by molar-refractivity contribution is 4.92. The van der Waals surface area contributed by atoms with Gasteiger partial charge in [-0.05, 0) is 25.2 Å². The summed E-state index contributed by atoms with van der Waals surface area (Å²) in [6.07, 6.45) is 10.6. The first-order valence-electron chi connectivity index (χ1n) is 6.50. The molecule has 2 fully saturated rings. The molecule has 0 aliphatic heterocycles. The third kappa shape index (κ3) is 2.36. The first-order valence-corrected chi connectivity index (χ1v) is 6.50. The van der Waals surface area contributed by atoms with Crippen LogP contribution >= 0.6 is 0 Å². The van der Waals surface area contributed by atoms with Gasteiger partial charge in [0.25, 0.3) is 0 Å². The van der Waals surface area contributed by atoms with Crippen LogP contribution in [0.5, 0.6) is 0 Å². The molecule has 2 nitrogen and oxygen atoms in total. The van der Waals surface area contributed by atoms with Crippen LogP contribution in [0.25, 0.3) is 0 Å². The molecule has 2 rings (SSSR count). The molecule has 1 unspecified atom stereocenters. The molecule has 0 amide bonds. The van der Waals surface area contributed by atoms with E-state index in [2.05, 4.69) is 0 Å². The molecule has 2 aliphatic carbocycles. The minimum Gasteiger partial charge on any atom is -0.390 e. The average Bonchev–Trinajstić information content (AvgIpc) is 2.24. The number of aliphatic hydroxyl groups is 1. The number of aliphatic hydroxyl groups excluding tert-OH is 1. The molecular weight excluding hydrogens is 188 g/mol. The van der Waals surface area contributed by atoms with Crippen molar-refractivity contribution in [2.75, 3.05) is 7.11 Å². The molecule has 1 N–H and O–H groups in total. The summed E-state index contributed by atoms with van der Waals surface area (Å²) in [6.45, 7) is 0. The quantitative estimate of drug-likeness (QED) is 0.776. The Hall–Kier alpha value is -0.0800. The molecule has 0 aromatic heterocycles. The lowest BCUT2D eigenvalue weighted by atomic mass is 9.73. The average molecular weight is 212 g/mol. The first-order chi connectivity index (χ1) is 7.27. The molecule has 0 spiro atoms. The second-order valence-corrected chi connectivity index (χ2v) is 5.38. The van der Waals surface area contributed by atoms with Crippen molar-refractivity contribution >= 4 is 0 Å². The molecule has 0 saturated heterocycles. The summed E-state index contributed by atoms with van der Waals surface area (Å²) in [6, 6.07) is 0. The normalized spacial score (nSPS) is 28.4. The molecule has 0 aromatic carbocycles. The molecule has 2 aliphatic rings. The summed E-state index contributed by atoms with van der Waals surface area (Å²) in [7, 11) is 1.77. The molecule has 0 aromatic rings. The van der Waals surface area contributed by atoms with Gasteiger partial charge >= 0.3 is 0 Å². The molecular formula is C13H24O2. The van der Waals surface area contributed by atoms with Crippen LogP contribution in [0.15, 0.2) is 0 Å². The molecule has 2 saturated carbocycles. The summed E-state index contributed by atoms with van der Waals surface area (Å²) in [5, 5.41) is 10.3. The Morgan fingerprint density at radius 3 is 2.33 bits per heavy atom. The fourth-order valence-corrected chi connectivity index (χ4v) is 3.08. The van der Waals surface area contributed by atoms with E-state index in [4.69, 9.17) is 4.74 Å². The van der Waals surface area contributed by atoms with E-state index in [9.17, 15) is 5.11 Å². The summed E-state index contributed by atoms with van der Waals surface area (Å²) < 4.78 is 5.66. The molecule has 88 valence electrons. The van der Waals surface area contributed by atoms with E-state index >= 15 is 0 Å². The van der Waals surface area contributed by atoms with Gasteiger partial charge in [0.2, 0.25) is 0 Å². The monoisotopic (exact) mass is 212 g/mol. The van der Waals surface area contributed by atoms with E-state index in [1.807, 2.05) is 0 Å². The smallest absolute Gasteiger partial charge is 0.0936 e. The van der Waals surface area contributed by atoms with E-state index in [0.29, 0.717) is 0 Å². The van der Waals surface area contributed by atoms with Gasteiger partial charge < -0.3 is 9.84 Å². The SMILES string of the molecule is COC1(C(O)CC2CCC2)CCCCC1. The lowest BCUT2D eigenvalue weighted by Gasteiger charge is -2.42. The van der Waals surface area contributed by atoms with Crippen molar-refractivity contribution in [1.82, 2.24) is 0 Å². The van der Waals surface area contributed by atoms with Crippen LogP contribution in [0.4, 0.5) is 0 Å². The van der Waals surface area contributed by atoms with E-state index in [1.54, 1.807) is 7.11 Å². The van der Waals surface area contributed by atoms with Crippen LogP contribution in [0.2, 0.25) is 0 Å². The van der Waals surface area contributed by atoms with Gasteiger partial charge in [-0.2, -0.15) is 0 Å². The van der Waals surface area contributed by atoms with Gasteiger partial charge in [-0.15, -0.1) is 0 Å². The van der Waals surface area contributed by atoms with Gasteiger partial charge in [-0.1, -0.05) is 38.5 Å². The van der Waals surface area contributed by atoms with Gasteiger partial charge in [0.1, 0.15) is 0 Å². The fraction of sp³-hybridized carbons (Fsp3) is 1.00. The van der Waals surface area contributed by atoms with E-state index in [-0.39, 0.29) is 11.7 Å². The van der Waals surface area contributed by atoms with Crippen LogP contribution < -0.4 is 0 Å². The van der Waals surface area contributed by atoms with Crippen molar-refractivity contribution in [3.8, 4) is 0 Å². The Balaban J connectivity index is 1.90. The maximum Gasteiger partial charge on any atom is 0.0936 e. The van der Waals surface area contributed by atoms with Crippen LogP contribution in [-0.4, -0.2) is 23.9 Å². The van der Waals surface area contributed by atoms with Crippen LogP contribution in [0.1, 0.15) is 57.8 Å². The van der Waals surface area contributed by atoms with Gasteiger partial charge in [-0.3, -0.25) is 0 Å². The Morgan fingerprint density at radius 2 is 1.87 bits per heavy atom. The first kappa shape index (κ1) is 11.4. The Labute approximate surface area is 93.0 Å². The Kier molecular flexibility index (Phi) is 3.68. The van der Waals surface area contributed by atoms with Crippen molar-refractivity contribution in [1.29, 1.82) is 0 Å². The zero-order valence-electron chi connectivity index (χ0n) is 9.87. The highest BCUT2D eigenvalue weighted by Crippen LogP contribution is 2.39. The summed E-state index contributed by atoms with van der Waals surface area (Å²) in [4.78, 5) is 0. The topological polar surface area (TPSA) is 29.5 Å². The molecule has 1 atom stereocenters. The number of hydrogen-bond acceptors (Lipinski definition) is 2. The van der Waals surface area contributed by atoms with Gasteiger partial charge in [0, 0.05) is 7.11 Å². The molecule has 0 radical (unpaired) electrons. The van der Waals surface area contributed by atoms with Crippen LogP contribution in [0, 0.1) is 5.92 Å². The van der Waals surface area contributed by atoms with Gasteiger partial charge in [-0.25, -0.2) is 0 Å². The largest absolute Gasteiger partial charge is 0.390 e. The van der Waals surface area contributed by atoms with E-state index in [1.165, 1.54) is 38.5 Å². The Bertz CT molecular complexity index is 193. The summed E-state index contributed by atoms with van der Waals surface area (Å²) >= 11 is 0.